The molecule has 114 valence electrons. The number of hydrogen-bond acceptors (Lipinski definition) is 3. The molecule has 2 bridgehead atoms. The van der Waals surface area contributed by atoms with Gasteiger partial charge < -0.3 is 15.0 Å². The van der Waals surface area contributed by atoms with Gasteiger partial charge in [0.05, 0.1) is 12.2 Å². The molecule has 2 saturated heterocycles. The van der Waals surface area contributed by atoms with Crippen LogP contribution < -0.4 is 10.1 Å². The van der Waals surface area contributed by atoms with E-state index in [1.165, 1.54) is 12.5 Å². The van der Waals surface area contributed by atoms with E-state index in [4.69, 9.17) is 4.74 Å². The van der Waals surface area contributed by atoms with E-state index in [9.17, 15) is 9.18 Å². The number of nitrogens with one attached hydrogen (secondary N) is 1. The highest BCUT2D eigenvalue weighted by Crippen LogP contribution is 2.26. The summed E-state index contributed by atoms with van der Waals surface area (Å²) in [4.78, 5) is 14.6. The topological polar surface area (TPSA) is 41.6 Å². The molecular weight excluding hydrogens is 271 g/mol. The Hall–Kier alpha value is -1.62. The maximum Gasteiger partial charge on any atom is 0.257 e. The summed E-state index contributed by atoms with van der Waals surface area (Å²) in [7, 11) is 0. The second-order valence-corrected chi connectivity index (χ2v) is 5.73. The number of fused-ring (bicyclic) bond motifs is 2. The highest BCUT2D eigenvalue weighted by atomic mass is 19.1. The number of hydrogen-bond donors (Lipinski definition) is 1. The Morgan fingerprint density at radius 3 is 3.00 bits per heavy atom. The molecule has 1 amide bonds. The van der Waals surface area contributed by atoms with Gasteiger partial charge in [-0.1, -0.05) is 6.07 Å². The second kappa shape index (κ2) is 6.02. The van der Waals surface area contributed by atoms with E-state index in [-0.39, 0.29) is 11.7 Å². The van der Waals surface area contributed by atoms with Crippen LogP contribution in [0.3, 0.4) is 0 Å². The van der Waals surface area contributed by atoms with Crippen LogP contribution in [0.15, 0.2) is 18.2 Å². The normalized spacial score (nSPS) is 24.8. The quantitative estimate of drug-likeness (QED) is 0.928. The van der Waals surface area contributed by atoms with Gasteiger partial charge in [-0.25, -0.2) is 4.39 Å². The Labute approximate surface area is 124 Å². The van der Waals surface area contributed by atoms with Crippen LogP contribution in [-0.4, -0.2) is 42.6 Å². The predicted molar refractivity (Wildman–Crippen MR) is 78.0 cm³/mol. The zero-order valence-corrected chi connectivity index (χ0v) is 12.3. The molecule has 0 saturated carbocycles. The van der Waals surface area contributed by atoms with Crippen LogP contribution >= 0.6 is 0 Å². The number of likely N-dealkylation sites (tertiary alicyclic amines) is 1. The van der Waals surface area contributed by atoms with Crippen LogP contribution in [0.5, 0.6) is 5.75 Å². The van der Waals surface area contributed by atoms with Gasteiger partial charge in [0.1, 0.15) is 0 Å². The lowest BCUT2D eigenvalue weighted by atomic mass is 10.1. The molecule has 2 aliphatic heterocycles. The first-order valence-corrected chi connectivity index (χ1v) is 7.65. The SMILES string of the molecule is CCOc1c(F)cccc1C(=O)N1CCC2CCC(C1)N2. The highest BCUT2D eigenvalue weighted by Gasteiger charge is 2.32. The number of halogens is 1. The summed E-state index contributed by atoms with van der Waals surface area (Å²) in [5.74, 6) is -0.531. The molecule has 5 heteroatoms. The highest BCUT2D eigenvalue weighted by molar-refractivity contribution is 5.97. The molecule has 21 heavy (non-hydrogen) atoms. The van der Waals surface area contributed by atoms with E-state index >= 15 is 0 Å². The molecule has 1 N–H and O–H groups in total. The van der Waals surface area contributed by atoms with E-state index in [0.29, 0.717) is 30.8 Å². The van der Waals surface area contributed by atoms with E-state index in [0.717, 1.165) is 19.4 Å². The van der Waals surface area contributed by atoms with Gasteiger partial charge in [-0.05, 0) is 38.3 Å². The minimum Gasteiger partial charge on any atom is -0.490 e. The number of carbonyl (C=O) groups excluding carboxylic acids is 1. The first kappa shape index (κ1) is 14.3. The average molecular weight is 292 g/mol. The Morgan fingerprint density at radius 2 is 2.19 bits per heavy atom. The van der Waals surface area contributed by atoms with Crippen molar-refractivity contribution in [1.82, 2.24) is 10.2 Å². The summed E-state index contributed by atoms with van der Waals surface area (Å²) in [5.41, 5.74) is 0.328. The lowest BCUT2D eigenvalue weighted by Gasteiger charge is -2.25. The number of rotatable bonds is 3. The fourth-order valence-electron chi connectivity index (χ4n) is 3.27. The molecule has 2 heterocycles. The summed E-state index contributed by atoms with van der Waals surface area (Å²) in [6.07, 6.45) is 3.26. The Balaban J connectivity index is 1.83. The average Bonchev–Trinajstić information content (AvgIpc) is 2.80. The van der Waals surface area contributed by atoms with E-state index in [2.05, 4.69) is 5.32 Å². The van der Waals surface area contributed by atoms with Gasteiger partial charge in [0, 0.05) is 25.2 Å². The third-order valence-electron chi connectivity index (χ3n) is 4.30. The van der Waals surface area contributed by atoms with Crippen LogP contribution in [0.25, 0.3) is 0 Å². The van der Waals surface area contributed by atoms with E-state index in [1.807, 2.05) is 4.90 Å². The summed E-state index contributed by atoms with van der Waals surface area (Å²) >= 11 is 0. The van der Waals surface area contributed by atoms with Gasteiger partial charge in [-0.2, -0.15) is 0 Å². The van der Waals surface area contributed by atoms with Crippen molar-refractivity contribution in [3.63, 3.8) is 0 Å². The van der Waals surface area contributed by atoms with Gasteiger partial charge in [0.15, 0.2) is 11.6 Å². The van der Waals surface area contributed by atoms with Crippen molar-refractivity contribution in [1.29, 1.82) is 0 Å². The number of ether oxygens (including phenoxy) is 1. The maximum absolute atomic E-state index is 13.9. The Morgan fingerprint density at radius 1 is 1.38 bits per heavy atom. The van der Waals surface area contributed by atoms with Gasteiger partial charge in [0.2, 0.25) is 0 Å². The molecule has 0 spiro atoms. The fraction of sp³-hybridized carbons (Fsp3) is 0.562. The van der Waals surface area contributed by atoms with Crippen molar-refractivity contribution in [3.8, 4) is 5.75 Å². The zero-order chi connectivity index (χ0) is 14.8. The number of benzene rings is 1. The van der Waals surface area contributed by atoms with Crippen molar-refractivity contribution in [3.05, 3.63) is 29.6 Å². The van der Waals surface area contributed by atoms with Crippen molar-refractivity contribution in [2.45, 2.75) is 38.3 Å². The predicted octanol–water partition coefficient (Wildman–Crippen LogP) is 2.19. The molecule has 0 aliphatic carbocycles. The van der Waals surface area contributed by atoms with Crippen LogP contribution in [-0.2, 0) is 0 Å². The smallest absolute Gasteiger partial charge is 0.257 e. The Kier molecular flexibility index (Phi) is 4.10. The third-order valence-corrected chi connectivity index (χ3v) is 4.30. The van der Waals surface area contributed by atoms with Crippen LogP contribution in [0, 0.1) is 5.82 Å². The van der Waals surface area contributed by atoms with Gasteiger partial charge in [-0.15, -0.1) is 0 Å². The van der Waals surface area contributed by atoms with Crippen molar-refractivity contribution < 1.29 is 13.9 Å². The molecule has 4 nitrogen and oxygen atoms in total. The third kappa shape index (κ3) is 2.88. The molecule has 0 aromatic heterocycles. The minimum absolute atomic E-state index is 0.0763. The summed E-state index contributed by atoms with van der Waals surface area (Å²) < 4.78 is 19.2. The van der Waals surface area contributed by atoms with Gasteiger partial charge in [0.25, 0.3) is 5.91 Å². The van der Waals surface area contributed by atoms with Crippen molar-refractivity contribution >= 4 is 5.91 Å². The molecule has 2 unspecified atom stereocenters. The lowest BCUT2D eigenvalue weighted by molar-refractivity contribution is 0.0743. The zero-order valence-electron chi connectivity index (χ0n) is 12.3. The standard InChI is InChI=1S/C16H21FN2O2/c1-2-21-15-13(4-3-5-14(15)17)16(20)19-9-8-11-6-7-12(10-19)18-11/h3-5,11-12,18H,2,6-10H2,1H3. The lowest BCUT2D eigenvalue weighted by Crippen LogP contribution is -2.39. The number of carbonyl (C=O) groups is 1. The molecule has 1 aromatic carbocycles. The first-order valence-electron chi connectivity index (χ1n) is 7.65. The molecule has 2 atom stereocenters. The van der Waals surface area contributed by atoms with Gasteiger partial charge in [-0.3, -0.25) is 4.79 Å². The van der Waals surface area contributed by atoms with Crippen LogP contribution in [0.4, 0.5) is 4.39 Å². The number of amides is 1. The monoisotopic (exact) mass is 292 g/mol. The van der Waals surface area contributed by atoms with E-state index < -0.39 is 5.82 Å². The molecule has 3 rings (SSSR count). The second-order valence-electron chi connectivity index (χ2n) is 5.73. The molecule has 1 aromatic rings. The number of nitrogens with zero attached hydrogens (tertiary/aromatic N) is 1. The summed E-state index contributed by atoms with van der Waals surface area (Å²) in [6.45, 7) is 3.54. The van der Waals surface area contributed by atoms with Crippen LogP contribution in [0.2, 0.25) is 0 Å². The minimum atomic E-state index is -0.475. The van der Waals surface area contributed by atoms with E-state index in [1.54, 1.807) is 19.1 Å². The molecule has 0 radical (unpaired) electrons. The Bertz CT molecular complexity index is 535. The first-order chi connectivity index (χ1) is 10.2. The fourth-order valence-corrected chi connectivity index (χ4v) is 3.27. The number of para-hydroxylation sites is 1. The summed E-state index contributed by atoms with van der Waals surface area (Å²) in [5, 5.41) is 3.54. The van der Waals surface area contributed by atoms with Crippen molar-refractivity contribution in [2.24, 2.45) is 0 Å². The largest absolute Gasteiger partial charge is 0.490 e. The van der Waals surface area contributed by atoms with Gasteiger partial charge >= 0.3 is 0 Å². The van der Waals surface area contributed by atoms with Crippen LogP contribution in [0.1, 0.15) is 36.5 Å². The summed E-state index contributed by atoms with van der Waals surface area (Å²) in [6, 6.07) is 5.42. The molecule has 2 aliphatic rings. The molecular formula is C16H21FN2O2. The van der Waals surface area contributed by atoms with Crippen molar-refractivity contribution in [2.75, 3.05) is 19.7 Å². The maximum atomic E-state index is 13.9. The molecule has 2 fully saturated rings.